The van der Waals surface area contributed by atoms with E-state index in [1.807, 2.05) is 0 Å². The van der Waals surface area contributed by atoms with Crippen LogP contribution in [0.1, 0.15) is 39.2 Å². The number of amides is 1. The minimum absolute atomic E-state index is 0.00383. The van der Waals surface area contributed by atoms with Gasteiger partial charge in [-0.1, -0.05) is 39.0 Å². The number of carbonyl (C=O) groups excluding carboxylic acids is 2. The molecule has 2 N–H and O–H groups in total. The van der Waals surface area contributed by atoms with Gasteiger partial charge in [-0.25, -0.2) is 0 Å². The summed E-state index contributed by atoms with van der Waals surface area (Å²) < 4.78 is 16.2. The van der Waals surface area contributed by atoms with Crippen LogP contribution in [0.2, 0.25) is 0 Å². The van der Waals surface area contributed by atoms with Crippen molar-refractivity contribution in [2.45, 2.75) is 39.7 Å². The fourth-order valence-corrected chi connectivity index (χ4v) is 5.57. The zero-order valence-electron chi connectivity index (χ0n) is 23.2. The molecule has 0 bridgehead atoms. The van der Waals surface area contributed by atoms with Gasteiger partial charge in [-0.05, 0) is 35.6 Å². The van der Waals surface area contributed by atoms with Crippen LogP contribution in [0.5, 0.6) is 11.5 Å². The summed E-state index contributed by atoms with van der Waals surface area (Å²) in [4.78, 5) is 29.9. The summed E-state index contributed by atoms with van der Waals surface area (Å²) in [6.45, 7) is 11.3. The van der Waals surface area contributed by atoms with Crippen molar-refractivity contribution >= 4 is 17.4 Å². The molecule has 2 aliphatic heterocycles. The Kier molecular flexibility index (Phi) is 8.63. The van der Waals surface area contributed by atoms with Crippen LogP contribution in [-0.2, 0) is 14.3 Å². The van der Waals surface area contributed by atoms with Crippen LogP contribution in [0.3, 0.4) is 0 Å². The lowest BCUT2D eigenvalue weighted by molar-refractivity contribution is -0.908. The first kappa shape index (κ1) is 27.9. The Hall–Kier alpha value is -3.10. The highest BCUT2D eigenvalue weighted by Gasteiger charge is 2.48. The number of aliphatic hydroxyl groups excluding tert-OH is 1. The molecule has 3 aliphatic rings. The van der Waals surface area contributed by atoms with E-state index in [1.165, 1.54) is 24.7 Å². The molecule has 0 aromatic heterocycles. The first-order valence-corrected chi connectivity index (χ1v) is 13.5. The first-order chi connectivity index (χ1) is 18.2. The van der Waals surface area contributed by atoms with Gasteiger partial charge in [0.1, 0.15) is 18.8 Å². The third-order valence-corrected chi connectivity index (χ3v) is 7.78. The number of allylic oxidation sites excluding steroid dienone is 3. The topological polar surface area (TPSA) is 89.7 Å². The molecule has 2 saturated heterocycles. The zero-order chi connectivity index (χ0) is 27.4. The van der Waals surface area contributed by atoms with Crippen molar-refractivity contribution < 1.29 is 33.8 Å². The van der Waals surface area contributed by atoms with Crippen LogP contribution in [-0.4, -0.2) is 81.4 Å². The molecule has 0 unspecified atom stereocenters. The number of hydrogen-bond acceptors (Lipinski definition) is 6. The predicted octanol–water partition coefficient (Wildman–Crippen LogP) is 2.61. The van der Waals surface area contributed by atoms with Gasteiger partial charge >= 0.3 is 0 Å². The van der Waals surface area contributed by atoms with Gasteiger partial charge in [0.25, 0.3) is 11.7 Å². The van der Waals surface area contributed by atoms with E-state index in [2.05, 4.69) is 39.0 Å². The van der Waals surface area contributed by atoms with E-state index in [1.54, 1.807) is 23.1 Å². The largest absolute Gasteiger partial charge is 0.507 e. The van der Waals surface area contributed by atoms with Crippen LogP contribution in [0.4, 0.5) is 0 Å². The lowest BCUT2D eigenvalue weighted by atomic mass is 9.78. The van der Waals surface area contributed by atoms with Gasteiger partial charge in [-0.2, -0.15) is 0 Å². The number of carbonyl (C=O) groups is 2. The number of methoxy groups -OCH3 is 2. The lowest BCUT2D eigenvalue weighted by Crippen LogP contribution is -3.14. The Morgan fingerprint density at radius 3 is 2.45 bits per heavy atom. The average Bonchev–Trinajstić information content (AvgIpc) is 3.17. The summed E-state index contributed by atoms with van der Waals surface area (Å²) in [6, 6.07) is 4.45. The zero-order valence-corrected chi connectivity index (χ0v) is 23.2. The molecule has 38 heavy (non-hydrogen) atoms. The maximum atomic E-state index is 13.4. The number of aliphatic hydroxyl groups is 1. The fraction of sp³-hybridized carbons (Fsp3) is 0.533. The molecule has 2 atom stereocenters. The van der Waals surface area contributed by atoms with Crippen molar-refractivity contribution in [2.75, 3.05) is 53.6 Å². The van der Waals surface area contributed by atoms with E-state index in [-0.39, 0.29) is 22.7 Å². The fourth-order valence-electron chi connectivity index (χ4n) is 5.57. The molecule has 1 aliphatic carbocycles. The number of benzene rings is 1. The van der Waals surface area contributed by atoms with Gasteiger partial charge in [0.2, 0.25) is 0 Å². The third-order valence-electron chi connectivity index (χ3n) is 7.78. The molecule has 4 rings (SSSR count). The number of ketones is 1. The van der Waals surface area contributed by atoms with E-state index in [4.69, 9.17) is 14.2 Å². The minimum Gasteiger partial charge on any atom is -0.507 e. The summed E-state index contributed by atoms with van der Waals surface area (Å²) in [6.07, 6.45) is 7.85. The molecule has 8 heteroatoms. The molecule has 206 valence electrons. The summed E-state index contributed by atoms with van der Waals surface area (Å²) in [5, 5.41) is 11.4. The Balaban J connectivity index is 1.67. The van der Waals surface area contributed by atoms with Crippen LogP contribution in [0.25, 0.3) is 5.76 Å². The van der Waals surface area contributed by atoms with E-state index < -0.39 is 17.7 Å². The molecule has 0 saturated carbocycles. The van der Waals surface area contributed by atoms with Crippen molar-refractivity contribution in [3.63, 3.8) is 0 Å². The third kappa shape index (κ3) is 5.81. The Morgan fingerprint density at radius 1 is 1.13 bits per heavy atom. The number of ether oxygens (including phenoxy) is 3. The van der Waals surface area contributed by atoms with Gasteiger partial charge in [-0.15, -0.1) is 0 Å². The Bertz CT molecular complexity index is 1140. The molecular weight excluding hydrogens is 484 g/mol. The van der Waals surface area contributed by atoms with Gasteiger partial charge < -0.3 is 29.1 Å². The highest BCUT2D eigenvalue weighted by molar-refractivity contribution is 6.46. The van der Waals surface area contributed by atoms with Crippen molar-refractivity contribution in [3.05, 3.63) is 53.1 Å². The molecule has 8 nitrogen and oxygen atoms in total. The molecule has 2 heterocycles. The van der Waals surface area contributed by atoms with E-state index in [0.717, 1.165) is 39.3 Å². The maximum absolute atomic E-state index is 13.4. The smallest absolute Gasteiger partial charge is 0.295 e. The van der Waals surface area contributed by atoms with Gasteiger partial charge in [-0.3, -0.25) is 9.59 Å². The normalized spacial score (nSPS) is 24.0. The van der Waals surface area contributed by atoms with Crippen molar-refractivity contribution in [3.8, 4) is 11.5 Å². The van der Waals surface area contributed by atoms with Gasteiger partial charge in [0.15, 0.2) is 11.5 Å². The average molecular weight is 526 g/mol. The minimum atomic E-state index is -0.639. The van der Waals surface area contributed by atoms with Crippen LogP contribution in [0, 0.1) is 11.3 Å². The molecular formula is C30H41N2O6+. The molecule has 0 spiro atoms. The summed E-state index contributed by atoms with van der Waals surface area (Å²) in [7, 11) is 3.05. The lowest BCUT2D eigenvalue weighted by Gasteiger charge is -2.33. The number of nitrogens with one attached hydrogen (secondary N) is 1. The van der Waals surface area contributed by atoms with Crippen molar-refractivity contribution in [1.29, 1.82) is 0 Å². The number of hydrogen-bond donors (Lipinski definition) is 2. The van der Waals surface area contributed by atoms with Crippen molar-refractivity contribution in [2.24, 2.45) is 11.3 Å². The van der Waals surface area contributed by atoms with E-state index in [9.17, 15) is 14.7 Å². The van der Waals surface area contributed by atoms with Gasteiger partial charge in [0, 0.05) is 24.4 Å². The SMILES string of the molecule is COc1ccc(C(O)=C2C(=O)C(=O)N(CCC[NH+]3CCOCC3)[C@H]2[C@H]2C=CC(C(C)(C)C)=CC2)cc1OC. The monoisotopic (exact) mass is 525 g/mol. The second kappa shape index (κ2) is 11.7. The number of nitrogens with zero attached hydrogens (tertiary/aromatic N) is 1. The first-order valence-electron chi connectivity index (χ1n) is 13.5. The predicted molar refractivity (Wildman–Crippen MR) is 145 cm³/mol. The van der Waals surface area contributed by atoms with Crippen molar-refractivity contribution in [1.82, 2.24) is 4.90 Å². The summed E-state index contributed by atoms with van der Waals surface area (Å²) in [5.74, 6) is -0.542. The van der Waals surface area contributed by atoms with E-state index >= 15 is 0 Å². The van der Waals surface area contributed by atoms with Crippen LogP contribution >= 0.6 is 0 Å². The van der Waals surface area contributed by atoms with Gasteiger partial charge in [0.05, 0.1) is 45.6 Å². The molecule has 2 fully saturated rings. The highest BCUT2D eigenvalue weighted by Crippen LogP contribution is 2.40. The highest BCUT2D eigenvalue weighted by atomic mass is 16.5. The molecule has 0 radical (unpaired) electrons. The summed E-state index contributed by atoms with van der Waals surface area (Å²) in [5.41, 5.74) is 1.79. The second-order valence-electron chi connectivity index (χ2n) is 11.2. The number of quaternary nitrogens is 1. The number of morpholine rings is 1. The Morgan fingerprint density at radius 2 is 1.84 bits per heavy atom. The Labute approximate surface area is 225 Å². The number of Topliss-reactive ketones (excluding diaryl/α,β-unsaturated/α-hetero) is 1. The quantitative estimate of drug-likeness (QED) is 0.308. The van der Waals surface area contributed by atoms with E-state index in [0.29, 0.717) is 30.0 Å². The second-order valence-corrected chi connectivity index (χ2v) is 11.2. The number of likely N-dealkylation sites (tertiary alicyclic amines) is 1. The summed E-state index contributed by atoms with van der Waals surface area (Å²) >= 11 is 0. The molecule has 1 amide bonds. The molecule has 1 aromatic rings. The maximum Gasteiger partial charge on any atom is 0.295 e. The standard InChI is InChI=1S/C30H40N2O6/c1-30(2,3)22-10-7-20(8-11-22)26-25(27(33)21-9-12-23(36-4)24(19-21)37-5)28(34)29(35)32(26)14-6-13-31-15-17-38-18-16-31/h7,9-12,19-20,26,33H,6,8,13-18H2,1-5H3/p+1/t20-,26-/m0/s1. The van der Waals surface area contributed by atoms with Crippen LogP contribution in [0.15, 0.2) is 47.6 Å². The molecule has 1 aromatic carbocycles. The number of rotatable bonds is 8. The van der Waals surface area contributed by atoms with Crippen LogP contribution < -0.4 is 14.4 Å².